The van der Waals surface area contributed by atoms with E-state index in [0.29, 0.717) is 31.3 Å². The van der Waals surface area contributed by atoms with Crippen LogP contribution < -0.4 is 0 Å². The smallest absolute Gasteiger partial charge is 0.310 e. The lowest BCUT2D eigenvalue weighted by Crippen LogP contribution is -2.43. The Morgan fingerprint density at radius 3 is 2.88 bits per heavy atom. The number of hydrogen-bond acceptors (Lipinski definition) is 4. The lowest BCUT2D eigenvalue weighted by Gasteiger charge is -2.31. The normalized spacial score (nSPS) is 17.7. The van der Waals surface area contributed by atoms with E-state index in [4.69, 9.17) is 4.74 Å². The number of aromatic nitrogens is 2. The molecule has 1 unspecified atom stereocenters. The third-order valence-electron chi connectivity index (χ3n) is 4.74. The molecule has 6 heteroatoms. The second-order valence-corrected chi connectivity index (χ2v) is 7.27. The highest BCUT2D eigenvalue weighted by molar-refractivity contribution is 5.99. The SMILES string of the molecule is CCOC(=O)C1CCCN(C(=O)c2nc(CC(C)C)n3ccccc23)C1. The van der Waals surface area contributed by atoms with Crippen LogP contribution in [0, 0.1) is 11.8 Å². The molecule has 1 atom stereocenters. The van der Waals surface area contributed by atoms with Crippen molar-refractivity contribution in [3.63, 3.8) is 0 Å². The highest BCUT2D eigenvalue weighted by atomic mass is 16.5. The number of ether oxygens (including phenoxy) is 1. The van der Waals surface area contributed by atoms with E-state index in [1.165, 1.54) is 0 Å². The molecule has 1 aliphatic rings. The molecule has 2 aromatic heterocycles. The molecule has 1 saturated heterocycles. The van der Waals surface area contributed by atoms with Crippen LogP contribution in [-0.4, -0.2) is 45.9 Å². The lowest BCUT2D eigenvalue weighted by molar-refractivity contribution is -0.149. The molecule has 0 radical (unpaired) electrons. The van der Waals surface area contributed by atoms with E-state index in [-0.39, 0.29) is 17.8 Å². The van der Waals surface area contributed by atoms with Crippen molar-refractivity contribution in [1.82, 2.24) is 14.3 Å². The van der Waals surface area contributed by atoms with E-state index in [1.54, 1.807) is 11.8 Å². The van der Waals surface area contributed by atoms with Crippen LogP contribution in [0.4, 0.5) is 0 Å². The van der Waals surface area contributed by atoms with Gasteiger partial charge in [-0.1, -0.05) is 19.9 Å². The first-order valence-electron chi connectivity index (χ1n) is 9.43. The molecule has 0 bridgehead atoms. The maximum absolute atomic E-state index is 13.1. The molecule has 3 heterocycles. The van der Waals surface area contributed by atoms with Crippen LogP contribution in [0.5, 0.6) is 0 Å². The van der Waals surface area contributed by atoms with E-state index in [0.717, 1.165) is 30.6 Å². The summed E-state index contributed by atoms with van der Waals surface area (Å²) in [5, 5.41) is 0. The zero-order valence-corrected chi connectivity index (χ0v) is 15.8. The molecule has 1 aliphatic heterocycles. The summed E-state index contributed by atoms with van der Waals surface area (Å²) in [4.78, 5) is 31.6. The Morgan fingerprint density at radius 1 is 1.35 bits per heavy atom. The van der Waals surface area contributed by atoms with Gasteiger partial charge in [-0.05, 0) is 37.8 Å². The number of pyridine rings is 1. The minimum absolute atomic E-state index is 0.0993. The van der Waals surface area contributed by atoms with Gasteiger partial charge >= 0.3 is 5.97 Å². The Balaban J connectivity index is 1.86. The predicted octanol–water partition coefficient (Wildman–Crippen LogP) is 2.95. The molecule has 1 amide bonds. The molecule has 0 aliphatic carbocycles. The Labute approximate surface area is 154 Å². The van der Waals surface area contributed by atoms with E-state index in [2.05, 4.69) is 18.8 Å². The van der Waals surface area contributed by atoms with Gasteiger partial charge in [-0.25, -0.2) is 4.98 Å². The Morgan fingerprint density at radius 2 is 2.15 bits per heavy atom. The first-order chi connectivity index (χ1) is 12.5. The molecule has 0 N–H and O–H groups in total. The summed E-state index contributed by atoms with van der Waals surface area (Å²) in [6.07, 6.45) is 4.34. The molecule has 0 spiro atoms. The van der Waals surface area contributed by atoms with Gasteiger partial charge in [0.25, 0.3) is 5.91 Å². The second kappa shape index (κ2) is 7.89. The average Bonchev–Trinajstić information content (AvgIpc) is 2.99. The Kier molecular flexibility index (Phi) is 5.59. The summed E-state index contributed by atoms with van der Waals surface area (Å²) in [7, 11) is 0. The largest absolute Gasteiger partial charge is 0.466 e. The van der Waals surface area contributed by atoms with Crippen molar-refractivity contribution in [3.8, 4) is 0 Å². The number of likely N-dealkylation sites (tertiary alicyclic amines) is 1. The number of carbonyl (C=O) groups excluding carboxylic acids is 2. The second-order valence-electron chi connectivity index (χ2n) is 7.27. The minimum Gasteiger partial charge on any atom is -0.466 e. The fraction of sp³-hybridized carbons (Fsp3) is 0.550. The highest BCUT2D eigenvalue weighted by Crippen LogP contribution is 2.22. The van der Waals surface area contributed by atoms with Crippen molar-refractivity contribution < 1.29 is 14.3 Å². The number of carbonyl (C=O) groups is 2. The van der Waals surface area contributed by atoms with E-state index in [9.17, 15) is 9.59 Å². The maximum Gasteiger partial charge on any atom is 0.310 e. The Bertz CT molecular complexity index is 797. The van der Waals surface area contributed by atoms with Gasteiger partial charge in [0.1, 0.15) is 5.82 Å². The van der Waals surface area contributed by atoms with Crippen molar-refractivity contribution >= 4 is 17.4 Å². The van der Waals surface area contributed by atoms with Crippen LogP contribution in [0.15, 0.2) is 24.4 Å². The lowest BCUT2D eigenvalue weighted by atomic mass is 9.98. The Hall–Kier alpha value is -2.37. The number of esters is 1. The minimum atomic E-state index is -0.239. The maximum atomic E-state index is 13.1. The van der Waals surface area contributed by atoms with Crippen LogP contribution in [-0.2, 0) is 16.0 Å². The molecule has 0 saturated carbocycles. The number of hydrogen-bond donors (Lipinski definition) is 0. The first kappa shape index (κ1) is 18.4. The standard InChI is InChI=1S/C20H27N3O3/c1-4-26-20(25)15-8-7-10-22(13-15)19(24)18-16-9-5-6-11-23(16)17(21-18)12-14(2)3/h5-6,9,11,14-15H,4,7-8,10,12-13H2,1-3H3. The van der Waals surface area contributed by atoms with E-state index >= 15 is 0 Å². The van der Waals surface area contributed by atoms with E-state index < -0.39 is 0 Å². The summed E-state index contributed by atoms with van der Waals surface area (Å²) in [5.41, 5.74) is 1.30. The molecule has 26 heavy (non-hydrogen) atoms. The van der Waals surface area contributed by atoms with Gasteiger partial charge < -0.3 is 14.0 Å². The number of amides is 1. The summed E-state index contributed by atoms with van der Waals surface area (Å²) in [5.74, 6) is 0.805. The highest BCUT2D eigenvalue weighted by Gasteiger charge is 2.31. The summed E-state index contributed by atoms with van der Waals surface area (Å²) in [6, 6.07) is 5.80. The first-order valence-corrected chi connectivity index (χ1v) is 9.43. The topological polar surface area (TPSA) is 63.9 Å². The molecule has 2 aromatic rings. The van der Waals surface area contributed by atoms with Crippen molar-refractivity contribution in [2.45, 2.75) is 40.0 Å². The zero-order valence-electron chi connectivity index (χ0n) is 15.8. The van der Waals surface area contributed by atoms with Gasteiger partial charge in [-0.2, -0.15) is 0 Å². The number of fused-ring (bicyclic) bond motifs is 1. The molecule has 1 fully saturated rings. The molecule has 0 aromatic carbocycles. The van der Waals surface area contributed by atoms with Crippen LogP contribution in [0.25, 0.3) is 5.52 Å². The van der Waals surface area contributed by atoms with Crippen LogP contribution in [0.2, 0.25) is 0 Å². The van der Waals surface area contributed by atoms with Gasteiger partial charge in [0.05, 0.1) is 18.0 Å². The van der Waals surface area contributed by atoms with Crippen molar-refractivity contribution in [2.75, 3.05) is 19.7 Å². The number of imidazole rings is 1. The van der Waals surface area contributed by atoms with Gasteiger partial charge in [-0.3, -0.25) is 9.59 Å². The van der Waals surface area contributed by atoms with Gasteiger partial charge in [-0.15, -0.1) is 0 Å². The fourth-order valence-electron chi connectivity index (χ4n) is 3.53. The fourth-order valence-corrected chi connectivity index (χ4v) is 3.53. The van der Waals surface area contributed by atoms with E-state index in [1.807, 2.05) is 28.8 Å². The average molecular weight is 357 g/mol. The zero-order chi connectivity index (χ0) is 18.7. The van der Waals surface area contributed by atoms with Crippen molar-refractivity contribution in [2.24, 2.45) is 11.8 Å². The summed E-state index contributed by atoms with van der Waals surface area (Å²) in [6.45, 7) is 7.51. The van der Waals surface area contributed by atoms with Crippen LogP contribution >= 0.6 is 0 Å². The summed E-state index contributed by atoms with van der Waals surface area (Å²) < 4.78 is 7.14. The van der Waals surface area contributed by atoms with Crippen molar-refractivity contribution in [1.29, 1.82) is 0 Å². The monoisotopic (exact) mass is 357 g/mol. The number of piperidine rings is 1. The van der Waals surface area contributed by atoms with Crippen molar-refractivity contribution in [3.05, 3.63) is 35.9 Å². The van der Waals surface area contributed by atoms with Crippen LogP contribution in [0.3, 0.4) is 0 Å². The predicted molar refractivity (Wildman–Crippen MR) is 99.0 cm³/mol. The molecule has 6 nitrogen and oxygen atoms in total. The molecule has 3 rings (SSSR count). The van der Waals surface area contributed by atoms with Gasteiger partial charge in [0, 0.05) is 25.7 Å². The molecular formula is C20H27N3O3. The van der Waals surface area contributed by atoms with Crippen LogP contribution in [0.1, 0.15) is 49.9 Å². The quantitative estimate of drug-likeness (QED) is 0.772. The number of rotatable bonds is 5. The van der Waals surface area contributed by atoms with Gasteiger partial charge in [0.2, 0.25) is 0 Å². The van der Waals surface area contributed by atoms with Gasteiger partial charge in [0.15, 0.2) is 5.69 Å². The third-order valence-corrected chi connectivity index (χ3v) is 4.74. The molecular weight excluding hydrogens is 330 g/mol. The number of nitrogens with zero attached hydrogens (tertiary/aromatic N) is 3. The third kappa shape index (κ3) is 3.74. The molecule has 140 valence electrons. The summed E-state index contributed by atoms with van der Waals surface area (Å²) >= 11 is 0.